The fourth-order valence-corrected chi connectivity index (χ4v) is 9.62. The van der Waals surface area contributed by atoms with Crippen molar-refractivity contribution in [3.05, 3.63) is 77.9 Å². The van der Waals surface area contributed by atoms with Crippen LogP contribution >= 0.6 is 35.3 Å². The Labute approximate surface area is 192 Å². The van der Waals surface area contributed by atoms with E-state index in [1.54, 1.807) is 11.8 Å². The number of fused-ring (bicyclic) bond motifs is 1. The van der Waals surface area contributed by atoms with Crippen LogP contribution in [0.5, 0.6) is 0 Å². The molecule has 0 unspecified atom stereocenters. The zero-order valence-electron chi connectivity index (χ0n) is 17.1. The number of hydrogen-bond acceptors (Lipinski definition) is 5. The first-order valence-corrected chi connectivity index (χ1v) is 13.5. The van der Waals surface area contributed by atoms with Gasteiger partial charge in [-0.05, 0) is 29.9 Å². The number of benzene rings is 2. The first-order chi connectivity index (χ1) is 14.7. The third kappa shape index (κ3) is 4.21. The zero-order chi connectivity index (χ0) is 20.4. The van der Waals surface area contributed by atoms with Crippen LogP contribution in [0, 0.1) is 5.92 Å². The molecule has 2 aromatic rings. The predicted octanol–water partition coefficient (Wildman–Crippen LogP) is 6.61. The molecule has 0 spiro atoms. The third-order valence-electron chi connectivity index (χ3n) is 6.40. The summed E-state index contributed by atoms with van der Waals surface area (Å²) in [6.45, 7) is 0.873. The Morgan fingerprint density at radius 2 is 1.80 bits per heavy atom. The van der Waals surface area contributed by atoms with Gasteiger partial charge in [-0.15, -0.1) is 23.5 Å². The van der Waals surface area contributed by atoms with E-state index >= 15 is 0 Å². The second-order valence-corrected chi connectivity index (χ2v) is 12.6. The van der Waals surface area contributed by atoms with Gasteiger partial charge in [0.2, 0.25) is 0 Å². The van der Waals surface area contributed by atoms with Crippen LogP contribution in [0.15, 0.2) is 71.7 Å². The van der Waals surface area contributed by atoms with E-state index in [1.165, 1.54) is 41.7 Å². The van der Waals surface area contributed by atoms with Crippen LogP contribution in [0.4, 0.5) is 0 Å². The number of hydrogen-bond donors (Lipinski definition) is 1. The smallest absolute Gasteiger partial charge is 0.154 e. The first kappa shape index (κ1) is 20.6. The van der Waals surface area contributed by atoms with Gasteiger partial charge in [0.25, 0.3) is 0 Å². The Kier molecular flexibility index (Phi) is 6.22. The summed E-state index contributed by atoms with van der Waals surface area (Å²) in [6, 6.07) is 22.1. The highest BCUT2D eigenvalue weighted by atomic mass is 32.2. The molecule has 0 aromatic heterocycles. The van der Waals surface area contributed by atoms with Gasteiger partial charge < -0.3 is 5.73 Å². The molecule has 0 bridgehead atoms. The van der Waals surface area contributed by atoms with Crippen LogP contribution in [0.1, 0.15) is 42.7 Å². The molecule has 1 fully saturated rings. The van der Waals surface area contributed by atoms with Crippen LogP contribution in [-0.2, 0) is 0 Å². The number of thioether (sulfide) groups is 3. The second kappa shape index (κ2) is 9.05. The molecule has 1 aliphatic carbocycles. The molecular formula is C25H28N2S3. The Morgan fingerprint density at radius 3 is 2.53 bits per heavy atom. The molecule has 5 heteroatoms. The minimum Gasteiger partial charge on any atom is -0.379 e. The molecule has 156 valence electrons. The molecule has 2 aliphatic heterocycles. The van der Waals surface area contributed by atoms with Gasteiger partial charge in [0.1, 0.15) is 0 Å². The minimum atomic E-state index is 0.233. The quantitative estimate of drug-likeness (QED) is 0.554. The molecular weight excluding hydrogens is 424 g/mol. The highest BCUT2D eigenvalue weighted by Crippen LogP contribution is 2.63. The molecule has 4 atom stereocenters. The summed E-state index contributed by atoms with van der Waals surface area (Å²) in [5.74, 6) is 2.27. The molecule has 3 aliphatic rings. The van der Waals surface area contributed by atoms with Gasteiger partial charge >= 0.3 is 0 Å². The number of amidine groups is 1. The molecule has 30 heavy (non-hydrogen) atoms. The van der Waals surface area contributed by atoms with Crippen molar-refractivity contribution < 1.29 is 0 Å². The van der Waals surface area contributed by atoms with Gasteiger partial charge in [0.05, 0.1) is 10.6 Å². The first-order valence-electron chi connectivity index (χ1n) is 10.9. The topological polar surface area (TPSA) is 38.4 Å². The summed E-state index contributed by atoms with van der Waals surface area (Å²) in [5, 5.41) is 1.29. The standard InChI is InChI=1S/C25H28N2S3/c26-24-27-16-20(29-24)17-28-25-14-8-7-13-22(25)21(18-9-3-1-4-10-18)15-23(30-25)19-11-5-2-6-12-19/h1-6,9-12,15,20-22H,7-8,13-14,16-17H2,(H2,26,27)/t20-,21+,22-,25+/m1/s1. The molecule has 2 heterocycles. The van der Waals surface area contributed by atoms with E-state index in [0.717, 1.165) is 17.5 Å². The Balaban J connectivity index is 1.50. The fourth-order valence-electron chi connectivity index (χ4n) is 4.95. The monoisotopic (exact) mass is 452 g/mol. The van der Waals surface area contributed by atoms with Gasteiger partial charge in [-0.1, -0.05) is 91.3 Å². The van der Waals surface area contributed by atoms with E-state index in [-0.39, 0.29) is 4.08 Å². The van der Waals surface area contributed by atoms with Crippen LogP contribution in [0.3, 0.4) is 0 Å². The molecule has 2 nitrogen and oxygen atoms in total. The van der Waals surface area contributed by atoms with Crippen molar-refractivity contribution in [3.8, 4) is 0 Å². The lowest BCUT2D eigenvalue weighted by Gasteiger charge is -2.50. The fraction of sp³-hybridized carbons (Fsp3) is 0.400. The van der Waals surface area contributed by atoms with Crippen molar-refractivity contribution in [2.75, 3.05) is 12.3 Å². The van der Waals surface area contributed by atoms with E-state index in [9.17, 15) is 0 Å². The highest BCUT2D eigenvalue weighted by Gasteiger charge is 2.49. The third-order valence-corrected chi connectivity index (χ3v) is 11.2. The number of nitrogens with zero attached hydrogens (tertiary/aromatic N) is 1. The van der Waals surface area contributed by atoms with E-state index in [1.807, 2.05) is 0 Å². The molecule has 0 radical (unpaired) electrons. The number of allylic oxidation sites excluding steroid dienone is 1. The molecule has 2 aromatic carbocycles. The van der Waals surface area contributed by atoms with E-state index in [0.29, 0.717) is 17.1 Å². The second-order valence-electron chi connectivity index (χ2n) is 8.33. The summed E-state index contributed by atoms with van der Waals surface area (Å²) in [7, 11) is 0. The van der Waals surface area contributed by atoms with Crippen LogP contribution < -0.4 is 5.73 Å². The Morgan fingerprint density at radius 1 is 1.03 bits per heavy atom. The average Bonchev–Trinajstić information content (AvgIpc) is 3.23. The normalized spacial score (nSPS) is 31.0. The van der Waals surface area contributed by atoms with Crippen LogP contribution in [0.25, 0.3) is 4.91 Å². The van der Waals surface area contributed by atoms with Gasteiger partial charge in [0, 0.05) is 21.8 Å². The lowest BCUT2D eigenvalue weighted by molar-refractivity contribution is 0.320. The molecule has 0 saturated heterocycles. The van der Waals surface area contributed by atoms with Crippen LogP contribution in [-0.4, -0.2) is 26.8 Å². The summed E-state index contributed by atoms with van der Waals surface area (Å²) in [4.78, 5) is 5.88. The van der Waals surface area contributed by atoms with E-state index in [4.69, 9.17) is 5.73 Å². The predicted molar refractivity (Wildman–Crippen MR) is 136 cm³/mol. The van der Waals surface area contributed by atoms with Gasteiger partial charge in [0.15, 0.2) is 5.17 Å². The summed E-state index contributed by atoms with van der Waals surface area (Å²) in [5.41, 5.74) is 8.77. The molecule has 1 saturated carbocycles. The molecule has 2 N–H and O–H groups in total. The van der Waals surface area contributed by atoms with Crippen molar-refractivity contribution >= 4 is 45.4 Å². The van der Waals surface area contributed by atoms with Gasteiger partial charge in [-0.3, -0.25) is 4.99 Å². The van der Waals surface area contributed by atoms with Crippen molar-refractivity contribution in [2.45, 2.75) is 40.9 Å². The number of rotatable bonds is 5. The molecule has 5 rings (SSSR count). The SMILES string of the molecule is NC1=NC[C@H](CS[C@]23CCCC[C@@H]2[C@H](c2ccccc2)C=C(c2ccccc2)S3)S1. The number of nitrogens with two attached hydrogens (primary N) is 1. The lowest BCUT2D eigenvalue weighted by Crippen LogP contribution is -2.41. The summed E-state index contributed by atoms with van der Waals surface area (Å²) in [6.07, 6.45) is 7.84. The van der Waals surface area contributed by atoms with E-state index < -0.39 is 0 Å². The molecule has 0 amide bonds. The number of aliphatic imine (C=N–C) groups is 1. The van der Waals surface area contributed by atoms with Crippen molar-refractivity contribution in [2.24, 2.45) is 16.6 Å². The largest absolute Gasteiger partial charge is 0.379 e. The maximum absolute atomic E-state index is 5.95. The summed E-state index contributed by atoms with van der Waals surface area (Å²) < 4.78 is 0.233. The van der Waals surface area contributed by atoms with Crippen molar-refractivity contribution in [1.29, 1.82) is 0 Å². The highest BCUT2D eigenvalue weighted by molar-refractivity contribution is 8.23. The van der Waals surface area contributed by atoms with Gasteiger partial charge in [-0.2, -0.15) is 0 Å². The van der Waals surface area contributed by atoms with E-state index in [2.05, 4.69) is 95.3 Å². The van der Waals surface area contributed by atoms with Crippen LogP contribution in [0.2, 0.25) is 0 Å². The van der Waals surface area contributed by atoms with Gasteiger partial charge in [-0.25, -0.2) is 0 Å². The maximum Gasteiger partial charge on any atom is 0.154 e. The Bertz CT molecular complexity index is 928. The Hall–Kier alpha value is -1.30. The maximum atomic E-state index is 5.95. The summed E-state index contributed by atoms with van der Waals surface area (Å²) >= 11 is 6.11. The van der Waals surface area contributed by atoms with Crippen molar-refractivity contribution in [3.63, 3.8) is 0 Å². The minimum absolute atomic E-state index is 0.233. The van der Waals surface area contributed by atoms with Crippen molar-refractivity contribution in [1.82, 2.24) is 0 Å². The zero-order valence-corrected chi connectivity index (χ0v) is 19.5. The lowest BCUT2D eigenvalue weighted by atomic mass is 9.75. The average molecular weight is 453 g/mol.